The summed E-state index contributed by atoms with van der Waals surface area (Å²) in [5, 5.41) is 0. The normalized spacial score (nSPS) is 14.4. The molecule has 5 nitrogen and oxygen atoms in total. The summed E-state index contributed by atoms with van der Waals surface area (Å²) in [6, 6.07) is 6.93. The van der Waals surface area contributed by atoms with Crippen LogP contribution in [0.5, 0.6) is 0 Å². The lowest BCUT2D eigenvalue weighted by Crippen LogP contribution is -2.34. The van der Waals surface area contributed by atoms with Crippen LogP contribution >= 0.6 is 0 Å². The van der Waals surface area contributed by atoms with Gasteiger partial charge in [-0.2, -0.15) is 0 Å². The van der Waals surface area contributed by atoms with Crippen LogP contribution in [-0.4, -0.2) is 20.9 Å². The summed E-state index contributed by atoms with van der Waals surface area (Å²) in [6.45, 7) is 2.39. The van der Waals surface area contributed by atoms with E-state index in [0.29, 0.717) is 25.5 Å². The van der Waals surface area contributed by atoms with E-state index in [1.807, 2.05) is 6.92 Å². The number of sulfonamides is 1. The van der Waals surface area contributed by atoms with Gasteiger partial charge in [-0.3, -0.25) is 9.52 Å². The molecule has 1 N–H and O–H groups in total. The van der Waals surface area contributed by atoms with E-state index in [1.165, 1.54) is 6.07 Å². The van der Waals surface area contributed by atoms with Gasteiger partial charge in [0.2, 0.25) is 5.91 Å². The molecule has 0 fully saturated rings. The maximum absolute atomic E-state index is 13.3. The maximum atomic E-state index is 13.3. The monoisotopic (exact) mass is 366 g/mol. The number of carbonyl (C=O) groups is 1. The predicted molar refractivity (Wildman–Crippen MR) is 90.0 cm³/mol. The second kappa shape index (κ2) is 6.44. The summed E-state index contributed by atoms with van der Waals surface area (Å²) in [4.78, 5) is 13.0. The number of rotatable bonds is 4. The van der Waals surface area contributed by atoms with Gasteiger partial charge in [-0.05, 0) is 49.2 Å². The number of amides is 1. The number of hydrogen-bond donors (Lipinski definition) is 1. The van der Waals surface area contributed by atoms with Crippen molar-refractivity contribution in [1.29, 1.82) is 0 Å². The van der Waals surface area contributed by atoms with Gasteiger partial charge in [0.25, 0.3) is 10.0 Å². The predicted octanol–water partition coefficient (Wildman–Crippen LogP) is 3.06. The highest BCUT2D eigenvalue weighted by atomic mass is 32.2. The lowest BCUT2D eigenvalue weighted by Gasteiger charge is -2.28. The molecule has 0 radical (unpaired) electrons. The average Bonchev–Trinajstić information content (AvgIpc) is 2.53. The molecule has 8 heteroatoms. The molecule has 1 aliphatic rings. The summed E-state index contributed by atoms with van der Waals surface area (Å²) < 4.78 is 53.5. The van der Waals surface area contributed by atoms with Crippen LogP contribution in [0.2, 0.25) is 0 Å². The van der Waals surface area contributed by atoms with Gasteiger partial charge < -0.3 is 4.90 Å². The average molecular weight is 366 g/mol. The highest BCUT2D eigenvalue weighted by Crippen LogP contribution is 2.31. The SMILES string of the molecule is CCN1C(=O)CCc2cc(NS(=O)(=O)c3cc(F)cc(F)c3)ccc21. The van der Waals surface area contributed by atoms with Crippen molar-refractivity contribution in [2.45, 2.75) is 24.7 Å². The lowest BCUT2D eigenvalue weighted by molar-refractivity contribution is -0.118. The van der Waals surface area contributed by atoms with E-state index in [2.05, 4.69) is 4.72 Å². The molecule has 0 bridgehead atoms. The molecule has 1 heterocycles. The molecule has 25 heavy (non-hydrogen) atoms. The molecular weight excluding hydrogens is 350 g/mol. The highest BCUT2D eigenvalue weighted by Gasteiger charge is 2.24. The van der Waals surface area contributed by atoms with Crippen molar-refractivity contribution in [2.24, 2.45) is 0 Å². The van der Waals surface area contributed by atoms with E-state index in [9.17, 15) is 22.0 Å². The second-order valence-electron chi connectivity index (χ2n) is 5.69. The number of nitrogens with one attached hydrogen (secondary N) is 1. The third-order valence-electron chi connectivity index (χ3n) is 3.99. The first-order valence-electron chi connectivity index (χ1n) is 7.72. The third kappa shape index (κ3) is 3.48. The molecule has 0 atom stereocenters. The minimum absolute atomic E-state index is 0.0265. The van der Waals surface area contributed by atoms with Gasteiger partial charge in [-0.25, -0.2) is 17.2 Å². The molecule has 2 aromatic carbocycles. The van der Waals surface area contributed by atoms with Crippen LogP contribution in [0, 0.1) is 11.6 Å². The van der Waals surface area contributed by atoms with Gasteiger partial charge in [0.15, 0.2) is 0 Å². The molecule has 0 aromatic heterocycles. The Balaban J connectivity index is 1.92. The minimum atomic E-state index is -4.13. The lowest BCUT2D eigenvalue weighted by atomic mass is 10.0. The third-order valence-corrected chi connectivity index (χ3v) is 5.36. The number of fused-ring (bicyclic) bond motifs is 1. The zero-order chi connectivity index (χ0) is 18.2. The van der Waals surface area contributed by atoms with E-state index in [0.717, 1.165) is 23.4 Å². The first kappa shape index (κ1) is 17.3. The van der Waals surface area contributed by atoms with E-state index >= 15 is 0 Å². The number of anilines is 2. The van der Waals surface area contributed by atoms with Gasteiger partial charge in [-0.15, -0.1) is 0 Å². The molecule has 1 aliphatic heterocycles. The van der Waals surface area contributed by atoms with Crippen molar-refractivity contribution in [3.63, 3.8) is 0 Å². The van der Waals surface area contributed by atoms with Crippen molar-refractivity contribution >= 4 is 27.3 Å². The molecule has 0 saturated carbocycles. The number of halogens is 2. The fourth-order valence-corrected chi connectivity index (χ4v) is 3.96. The molecule has 0 unspecified atom stereocenters. The number of hydrogen-bond acceptors (Lipinski definition) is 3. The zero-order valence-corrected chi connectivity index (χ0v) is 14.2. The molecule has 0 saturated heterocycles. The summed E-state index contributed by atoms with van der Waals surface area (Å²) in [6.07, 6.45) is 0.862. The highest BCUT2D eigenvalue weighted by molar-refractivity contribution is 7.92. The first-order valence-corrected chi connectivity index (χ1v) is 9.20. The van der Waals surface area contributed by atoms with Gasteiger partial charge in [0.05, 0.1) is 4.90 Å². The van der Waals surface area contributed by atoms with Gasteiger partial charge in [-0.1, -0.05) is 0 Å². The summed E-state index contributed by atoms with van der Waals surface area (Å²) in [7, 11) is -4.13. The number of carbonyl (C=O) groups excluding carboxylic acids is 1. The Morgan fingerprint density at radius 1 is 1.08 bits per heavy atom. The zero-order valence-electron chi connectivity index (χ0n) is 13.4. The van der Waals surface area contributed by atoms with Gasteiger partial charge in [0, 0.05) is 30.4 Å². The van der Waals surface area contributed by atoms with E-state index in [4.69, 9.17) is 0 Å². The molecule has 132 valence electrons. The van der Waals surface area contributed by atoms with Crippen molar-refractivity contribution in [3.8, 4) is 0 Å². The Hall–Kier alpha value is -2.48. The van der Waals surface area contributed by atoms with E-state index < -0.39 is 26.6 Å². The first-order chi connectivity index (χ1) is 11.8. The standard InChI is InChI=1S/C17H16F2N2O3S/c1-2-21-16-5-4-14(7-11(16)3-6-17(21)22)20-25(23,24)15-9-12(18)8-13(19)10-15/h4-5,7-10,20H,2-3,6H2,1H3. The van der Waals surface area contributed by atoms with Crippen molar-refractivity contribution in [1.82, 2.24) is 0 Å². The van der Waals surface area contributed by atoms with E-state index in [1.54, 1.807) is 17.0 Å². The molecule has 3 rings (SSSR count). The largest absolute Gasteiger partial charge is 0.312 e. The topological polar surface area (TPSA) is 66.5 Å². The quantitative estimate of drug-likeness (QED) is 0.904. The Bertz CT molecular complexity index is 925. The minimum Gasteiger partial charge on any atom is -0.312 e. The van der Waals surface area contributed by atoms with Gasteiger partial charge >= 0.3 is 0 Å². The summed E-state index contributed by atoms with van der Waals surface area (Å²) >= 11 is 0. The van der Waals surface area contributed by atoms with Crippen molar-refractivity contribution < 1.29 is 22.0 Å². The van der Waals surface area contributed by atoms with Crippen LogP contribution in [-0.2, 0) is 21.2 Å². The van der Waals surface area contributed by atoms with Crippen molar-refractivity contribution in [3.05, 3.63) is 53.6 Å². The van der Waals surface area contributed by atoms with Crippen LogP contribution in [0.3, 0.4) is 0 Å². The summed E-state index contributed by atoms with van der Waals surface area (Å²) in [5.41, 5.74) is 1.86. The fourth-order valence-electron chi connectivity index (χ4n) is 2.87. The molecule has 0 spiro atoms. The van der Waals surface area contributed by atoms with Crippen LogP contribution in [0.4, 0.5) is 20.2 Å². The number of benzene rings is 2. The molecule has 1 amide bonds. The Morgan fingerprint density at radius 3 is 2.40 bits per heavy atom. The van der Waals surface area contributed by atoms with E-state index in [-0.39, 0.29) is 11.6 Å². The Morgan fingerprint density at radius 2 is 1.76 bits per heavy atom. The fraction of sp³-hybridized carbons (Fsp3) is 0.235. The number of aryl methyl sites for hydroxylation is 1. The second-order valence-corrected chi connectivity index (χ2v) is 7.37. The Labute approximate surface area is 144 Å². The van der Waals surface area contributed by atoms with Crippen molar-refractivity contribution in [2.75, 3.05) is 16.2 Å². The smallest absolute Gasteiger partial charge is 0.262 e. The van der Waals surface area contributed by atoms with Crippen LogP contribution in [0.1, 0.15) is 18.9 Å². The molecule has 2 aromatic rings. The van der Waals surface area contributed by atoms with Crippen LogP contribution < -0.4 is 9.62 Å². The van der Waals surface area contributed by atoms with Crippen LogP contribution in [0.15, 0.2) is 41.3 Å². The molecule has 0 aliphatic carbocycles. The summed E-state index contributed by atoms with van der Waals surface area (Å²) in [5.74, 6) is -1.91. The maximum Gasteiger partial charge on any atom is 0.262 e. The molecular formula is C17H16F2N2O3S. The Kier molecular flexibility index (Phi) is 4.47. The van der Waals surface area contributed by atoms with Crippen LogP contribution in [0.25, 0.3) is 0 Å². The van der Waals surface area contributed by atoms with Gasteiger partial charge in [0.1, 0.15) is 11.6 Å². The number of nitrogens with zero attached hydrogens (tertiary/aromatic N) is 1.